The summed E-state index contributed by atoms with van der Waals surface area (Å²) < 4.78 is 15.5. The number of ether oxygens (including phenoxy) is 3. The number of carbonyl (C=O) groups is 1. The third kappa shape index (κ3) is 2.92. The lowest BCUT2D eigenvalue weighted by Gasteiger charge is -2.07. The van der Waals surface area contributed by atoms with Gasteiger partial charge in [-0.1, -0.05) is 0 Å². The van der Waals surface area contributed by atoms with Crippen molar-refractivity contribution in [2.24, 2.45) is 5.73 Å². The monoisotopic (exact) mass is 251 g/mol. The molecule has 1 aromatic rings. The summed E-state index contributed by atoms with van der Waals surface area (Å²) in [6, 6.07) is 5.57. The Morgan fingerprint density at radius 1 is 1.56 bits per heavy atom. The maximum atomic E-state index is 10.9. The summed E-state index contributed by atoms with van der Waals surface area (Å²) in [5, 5.41) is 0. The third-order valence-corrected chi connectivity index (χ3v) is 2.82. The van der Waals surface area contributed by atoms with Gasteiger partial charge in [0, 0.05) is 18.1 Å². The van der Waals surface area contributed by atoms with E-state index in [0.29, 0.717) is 26.1 Å². The zero-order valence-electron chi connectivity index (χ0n) is 10.3. The number of rotatable bonds is 5. The van der Waals surface area contributed by atoms with Gasteiger partial charge in [-0.3, -0.25) is 4.79 Å². The smallest absolute Gasteiger partial charge is 0.305 e. The zero-order chi connectivity index (χ0) is 13.0. The summed E-state index contributed by atoms with van der Waals surface area (Å²) in [5.41, 5.74) is 6.86. The standard InChI is InChI=1S/C13H17NO4/c1-16-13(15)3-2-6-17-9-4-5-10-11(14)8-18-12(10)7-9/h4-5,7,11H,2-3,6,8,14H2,1H3. The molecule has 18 heavy (non-hydrogen) atoms. The van der Waals surface area contributed by atoms with Crippen LogP contribution in [0.3, 0.4) is 0 Å². The number of carbonyl (C=O) groups excluding carboxylic acids is 1. The van der Waals surface area contributed by atoms with E-state index in [4.69, 9.17) is 15.2 Å². The normalized spacial score (nSPS) is 16.9. The average Bonchev–Trinajstić information content (AvgIpc) is 2.76. The zero-order valence-corrected chi connectivity index (χ0v) is 10.3. The van der Waals surface area contributed by atoms with Crippen molar-refractivity contribution in [3.8, 4) is 11.5 Å². The van der Waals surface area contributed by atoms with E-state index in [0.717, 1.165) is 17.1 Å². The Morgan fingerprint density at radius 3 is 3.17 bits per heavy atom. The van der Waals surface area contributed by atoms with E-state index in [1.165, 1.54) is 7.11 Å². The lowest BCUT2D eigenvalue weighted by atomic mass is 10.1. The van der Waals surface area contributed by atoms with Crippen LogP contribution >= 0.6 is 0 Å². The van der Waals surface area contributed by atoms with Crippen LogP contribution in [0, 0.1) is 0 Å². The van der Waals surface area contributed by atoms with Crippen molar-refractivity contribution in [3.63, 3.8) is 0 Å². The van der Waals surface area contributed by atoms with Crippen LogP contribution in [0.1, 0.15) is 24.4 Å². The maximum Gasteiger partial charge on any atom is 0.305 e. The molecule has 0 amide bonds. The van der Waals surface area contributed by atoms with E-state index in [1.807, 2.05) is 18.2 Å². The SMILES string of the molecule is COC(=O)CCCOc1ccc2c(c1)OCC2N. The van der Waals surface area contributed by atoms with Crippen LogP contribution in [0.25, 0.3) is 0 Å². The first kappa shape index (κ1) is 12.7. The molecule has 0 saturated heterocycles. The number of fused-ring (bicyclic) bond motifs is 1. The summed E-state index contributed by atoms with van der Waals surface area (Å²) in [5.74, 6) is 1.29. The fraction of sp³-hybridized carbons (Fsp3) is 0.462. The van der Waals surface area contributed by atoms with Crippen molar-refractivity contribution >= 4 is 5.97 Å². The molecule has 0 aromatic heterocycles. The largest absolute Gasteiger partial charge is 0.493 e. The second kappa shape index (κ2) is 5.73. The molecule has 1 aliphatic rings. The van der Waals surface area contributed by atoms with Gasteiger partial charge in [0.1, 0.15) is 18.1 Å². The van der Waals surface area contributed by atoms with Gasteiger partial charge in [0.15, 0.2) is 0 Å². The summed E-state index contributed by atoms with van der Waals surface area (Å²) in [6.45, 7) is 0.987. The molecule has 0 aliphatic carbocycles. The van der Waals surface area contributed by atoms with Gasteiger partial charge in [-0.25, -0.2) is 0 Å². The van der Waals surface area contributed by atoms with Gasteiger partial charge in [0.2, 0.25) is 0 Å². The van der Waals surface area contributed by atoms with Gasteiger partial charge in [-0.05, 0) is 18.6 Å². The van der Waals surface area contributed by atoms with E-state index in [-0.39, 0.29) is 12.0 Å². The number of nitrogens with two attached hydrogens (primary N) is 1. The minimum absolute atomic E-state index is 0.0478. The molecule has 1 heterocycles. The van der Waals surface area contributed by atoms with E-state index in [1.54, 1.807) is 0 Å². The summed E-state index contributed by atoms with van der Waals surface area (Å²) in [4.78, 5) is 10.9. The van der Waals surface area contributed by atoms with Gasteiger partial charge >= 0.3 is 5.97 Å². The van der Waals surface area contributed by atoms with Crippen molar-refractivity contribution in [2.75, 3.05) is 20.3 Å². The number of methoxy groups -OCH3 is 1. The van der Waals surface area contributed by atoms with Gasteiger partial charge in [0.25, 0.3) is 0 Å². The molecule has 0 bridgehead atoms. The van der Waals surface area contributed by atoms with E-state index < -0.39 is 0 Å². The first-order valence-electron chi connectivity index (χ1n) is 5.92. The molecular formula is C13H17NO4. The first-order chi connectivity index (χ1) is 8.70. The predicted octanol–water partition coefficient (Wildman–Crippen LogP) is 1.41. The van der Waals surface area contributed by atoms with Gasteiger partial charge < -0.3 is 19.9 Å². The number of esters is 1. The second-order valence-electron chi connectivity index (χ2n) is 4.15. The summed E-state index contributed by atoms with van der Waals surface area (Å²) in [6.07, 6.45) is 0.993. The number of benzene rings is 1. The van der Waals surface area contributed by atoms with Crippen LogP contribution in [-0.4, -0.2) is 26.3 Å². The Morgan fingerprint density at radius 2 is 2.39 bits per heavy atom. The Kier molecular flexibility index (Phi) is 4.04. The maximum absolute atomic E-state index is 10.9. The number of hydrogen-bond donors (Lipinski definition) is 1. The minimum atomic E-state index is -0.220. The van der Waals surface area contributed by atoms with Gasteiger partial charge in [-0.2, -0.15) is 0 Å². The molecule has 0 saturated carbocycles. The average molecular weight is 251 g/mol. The van der Waals surface area contributed by atoms with Crippen molar-refractivity contribution in [1.29, 1.82) is 0 Å². The van der Waals surface area contributed by atoms with Crippen LogP contribution < -0.4 is 15.2 Å². The highest BCUT2D eigenvalue weighted by Crippen LogP contribution is 2.33. The van der Waals surface area contributed by atoms with E-state index >= 15 is 0 Å². The third-order valence-electron chi connectivity index (χ3n) is 2.82. The quantitative estimate of drug-likeness (QED) is 0.633. The topological polar surface area (TPSA) is 70.8 Å². The Balaban J connectivity index is 1.82. The molecule has 2 N–H and O–H groups in total. The fourth-order valence-electron chi connectivity index (χ4n) is 1.81. The second-order valence-corrected chi connectivity index (χ2v) is 4.15. The molecule has 5 heteroatoms. The highest BCUT2D eigenvalue weighted by molar-refractivity contribution is 5.69. The highest BCUT2D eigenvalue weighted by Gasteiger charge is 2.20. The number of hydrogen-bond acceptors (Lipinski definition) is 5. The lowest BCUT2D eigenvalue weighted by molar-refractivity contribution is -0.140. The molecule has 98 valence electrons. The van der Waals surface area contributed by atoms with Crippen LogP contribution in [0.5, 0.6) is 11.5 Å². The minimum Gasteiger partial charge on any atom is -0.493 e. The fourth-order valence-corrected chi connectivity index (χ4v) is 1.81. The van der Waals surface area contributed by atoms with E-state index in [2.05, 4.69) is 4.74 Å². The predicted molar refractivity (Wildman–Crippen MR) is 65.6 cm³/mol. The van der Waals surface area contributed by atoms with Crippen LogP contribution in [0.4, 0.5) is 0 Å². The molecular weight excluding hydrogens is 234 g/mol. The molecule has 0 radical (unpaired) electrons. The van der Waals surface area contributed by atoms with Crippen LogP contribution in [-0.2, 0) is 9.53 Å². The molecule has 1 unspecified atom stereocenters. The van der Waals surface area contributed by atoms with E-state index in [9.17, 15) is 4.79 Å². The molecule has 2 rings (SSSR count). The molecule has 0 spiro atoms. The van der Waals surface area contributed by atoms with Crippen LogP contribution in [0.15, 0.2) is 18.2 Å². The van der Waals surface area contributed by atoms with Gasteiger partial charge in [-0.15, -0.1) is 0 Å². The lowest BCUT2D eigenvalue weighted by Crippen LogP contribution is -2.10. The van der Waals surface area contributed by atoms with Crippen LogP contribution in [0.2, 0.25) is 0 Å². The Bertz CT molecular complexity index is 433. The summed E-state index contributed by atoms with van der Waals surface area (Å²) >= 11 is 0. The molecule has 1 aromatic carbocycles. The van der Waals surface area contributed by atoms with Crippen molar-refractivity contribution in [2.45, 2.75) is 18.9 Å². The van der Waals surface area contributed by atoms with Gasteiger partial charge in [0.05, 0.1) is 19.8 Å². The Hall–Kier alpha value is -1.75. The highest BCUT2D eigenvalue weighted by atomic mass is 16.5. The van der Waals surface area contributed by atoms with Crippen molar-refractivity contribution in [1.82, 2.24) is 0 Å². The molecule has 5 nitrogen and oxygen atoms in total. The molecule has 0 fully saturated rings. The van der Waals surface area contributed by atoms with Crippen molar-refractivity contribution < 1.29 is 19.0 Å². The molecule has 1 aliphatic heterocycles. The first-order valence-corrected chi connectivity index (χ1v) is 5.92. The molecule has 1 atom stereocenters. The Labute approximate surface area is 106 Å². The van der Waals surface area contributed by atoms with Crippen molar-refractivity contribution in [3.05, 3.63) is 23.8 Å². The summed E-state index contributed by atoms with van der Waals surface area (Å²) in [7, 11) is 1.38.